The van der Waals surface area contributed by atoms with Crippen molar-refractivity contribution >= 4 is 5.97 Å². The first kappa shape index (κ1) is 11.7. The number of carboxylic acids is 1. The quantitative estimate of drug-likeness (QED) is 0.721. The lowest BCUT2D eigenvalue weighted by Crippen LogP contribution is -1.99. The summed E-state index contributed by atoms with van der Waals surface area (Å²) in [5.41, 5.74) is 2.18. The van der Waals surface area contributed by atoms with Crippen LogP contribution in [0.15, 0.2) is 18.2 Å². The molecular weight excluding hydrogens is 164 g/mol. The summed E-state index contributed by atoms with van der Waals surface area (Å²) < 4.78 is 0. The van der Waals surface area contributed by atoms with E-state index < -0.39 is 5.97 Å². The van der Waals surface area contributed by atoms with Gasteiger partial charge in [0.15, 0.2) is 0 Å². The van der Waals surface area contributed by atoms with Gasteiger partial charge < -0.3 is 5.11 Å². The predicted molar refractivity (Wildman–Crippen MR) is 54.2 cm³/mol. The van der Waals surface area contributed by atoms with Gasteiger partial charge in [-0.2, -0.15) is 0 Å². The van der Waals surface area contributed by atoms with E-state index in [2.05, 4.69) is 0 Å². The van der Waals surface area contributed by atoms with Crippen molar-refractivity contribution in [2.75, 3.05) is 0 Å². The number of aromatic carboxylic acids is 1. The highest BCUT2D eigenvalue weighted by atomic mass is 16.4. The minimum Gasteiger partial charge on any atom is -0.478 e. The van der Waals surface area contributed by atoms with Gasteiger partial charge in [0.05, 0.1) is 5.56 Å². The molecule has 2 heteroatoms. The van der Waals surface area contributed by atoms with Crippen molar-refractivity contribution < 1.29 is 9.90 Å². The fourth-order valence-electron chi connectivity index (χ4n) is 0.966. The van der Waals surface area contributed by atoms with Crippen molar-refractivity contribution in [3.63, 3.8) is 0 Å². The average Bonchev–Trinajstić information content (AvgIpc) is 2.12. The molecule has 0 heterocycles. The second kappa shape index (κ2) is 5.36. The van der Waals surface area contributed by atoms with Crippen LogP contribution in [0, 0.1) is 13.8 Å². The van der Waals surface area contributed by atoms with E-state index in [1.807, 2.05) is 32.9 Å². The molecule has 0 aliphatic rings. The summed E-state index contributed by atoms with van der Waals surface area (Å²) in [5.74, 6) is -0.855. The standard InChI is InChI=1S/C9H10O2.C2H6/c1-6-3-4-7(2)8(5-6)9(10)11;1-2/h3-5H,1-2H3,(H,10,11);1-2H3. The number of carbonyl (C=O) groups is 1. The van der Waals surface area contributed by atoms with Gasteiger partial charge >= 0.3 is 5.97 Å². The first-order valence-electron chi connectivity index (χ1n) is 4.42. The summed E-state index contributed by atoms with van der Waals surface area (Å²) in [6, 6.07) is 5.40. The van der Waals surface area contributed by atoms with Gasteiger partial charge in [-0.15, -0.1) is 0 Å². The van der Waals surface area contributed by atoms with E-state index in [0.29, 0.717) is 5.56 Å². The van der Waals surface area contributed by atoms with Crippen LogP contribution in [-0.4, -0.2) is 11.1 Å². The largest absolute Gasteiger partial charge is 0.478 e. The lowest BCUT2D eigenvalue weighted by atomic mass is 10.1. The highest BCUT2D eigenvalue weighted by Crippen LogP contribution is 2.09. The van der Waals surface area contributed by atoms with Crippen LogP contribution in [0.3, 0.4) is 0 Å². The van der Waals surface area contributed by atoms with Crippen molar-refractivity contribution in [1.29, 1.82) is 0 Å². The molecule has 1 N–H and O–H groups in total. The molecule has 1 rings (SSSR count). The predicted octanol–water partition coefficient (Wildman–Crippen LogP) is 3.03. The Balaban J connectivity index is 0.000000671. The third-order valence-corrected chi connectivity index (χ3v) is 1.62. The van der Waals surface area contributed by atoms with Crippen LogP contribution < -0.4 is 0 Å². The van der Waals surface area contributed by atoms with Crippen LogP contribution in [-0.2, 0) is 0 Å². The van der Waals surface area contributed by atoms with E-state index in [1.165, 1.54) is 0 Å². The molecule has 0 unspecified atom stereocenters. The lowest BCUT2D eigenvalue weighted by molar-refractivity contribution is 0.0696. The summed E-state index contributed by atoms with van der Waals surface area (Å²) in [6.07, 6.45) is 0. The Labute approximate surface area is 79.2 Å². The number of aryl methyl sites for hydroxylation is 2. The van der Waals surface area contributed by atoms with E-state index in [0.717, 1.165) is 11.1 Å². The fraction of sp³-hybridized carbons (Fsp3) is 0.364. The van der Waals surface area contributed by atoms with Crippen LogP contribution in [0.1, 0.15) is 35.3 Å². The number of hydrogen-bond donors (Lipinski definition) is 1. The summed E-state index contributed by atoms with van der Waals surface area (Å²) >= 11 is 0. The normalized spacial score (nSPS) is 8.62. The third-order valence-electron chi connectivity index (χ3n) is 1.62. The molecule has 0 radical (unpaired) electrons. The SMILES string of the molecule is CC.Cc1ccc(C)c(C(=O)O)c1. The minimum atomic E-state index is -0.855. The molecule has 13 heavy (non-hydrogen) atoms. The molecule has 0 amide bonds. The fourth-order valence-corrected chi connectivity index (χ4v) is 0.966. The molecule has 0 aliphatic carbocycles. The van der Waals surface area contributed by atoms with Crippen molar-refractivity contribution in [1.82, 2.24) is 0 Å². The molecule has 0 aromatic heterocycles. The maximum absolute atomic E-state index is 10.6. The van der Waals surface area contributed by atoms with E-state index in [-0.39, 0.29) is 0 Å². The van der Waals surface area contributed by atoms with E-state index >= 15 is 0 Å². The Kier molecular flexibility index (Phi) is 4.82. The number of rotatable bonds is 1. The van der Waals surface area contributed by atoms with E-state index in [4.69, 9.17) is 5.11 Å². The zero-order chi connectivity index (χ0) is 10.4. The Hall–Kier alpha value is -1.31. The summed E-state index contributed by atoms with van der Waals surface area (Å²) in [6.45, 7) is 7.68. The maximum Gasteiger partial charge on any atom is 0.335 e. The lowest BCUT2D eigenvalue weighted by Gasteiger charge is -2.00. The smallest absolute Gasteiger partial charge is 0.335 e. The van der Waals surface area contributed by atoms with Crippen LogP contribution >= 0.6 is 0 Å². The van der Waals surface area contributed by atoms with E-state index in [9.17, 15) is 4.79 Å². The van der Waals surface area contributed by atoms with Crippen LogP contribution in [0.25, 0.3) is 0 Å². The van der Waals surface area contributed by atoms with Gasteiger partial charge in [-0.3, -0.25) is 0 Å². The molecule has 0 bridgehead atoms. The first-order valence-corrected chi connectivity index (χ1v) is 4.42. The first-order chi connectivity index (χ1) is 6.11. The Morgan fingerprint density at radius 3 is 2.15 bits per heavy atom. The molecule has 0 saturated carbocycles. The number of carboxylic acid groups (broad SMARTS) is 1. The van der Waals surface area contributed by atoms with Gasteiger partial charge in [-0.1, -0.05) is 31.5 Å². The second-order valence-corrected chi connectivity index (χ2v) is 2.62. The highest BCUT2D eigenvalue weighted by Gasteiger charge is 2.05. The van der Waals surface area contributed by atoms with Gasteiger partial charge in [0.2, 0.25) is 0 Å². The molecule has 0 aliphatic heterocycles. The van der Waals surface area contributed by atoms with Gasteiger partial charge in [-0.25, -0.2) is 4.79 Å². The third kappa shape index (κ3) is 3.28. The Morgan fingerprint density at radius 2 is 1.77 bits per heavy atom. The van der Waals surface area contributed by atoms with Crippen LogP contribution in [0.5, 0.6) is 0 Å². The monoisotopic (exact) mass is 180 g/mol. The molecule has 0 fully saturated rings. The maximum atomic E-state index is 10.6. The molecule has 0 atom stereocenters. The summed E-state index contributed by atoms with van der Waals surface area (Å²) in [7, 11) is 0. The summed E-state index contributed by atoms with van der Waals surface area (Å²) in [5, 5.41) is 8.69. The van der Waals surface area contributed by atoms with Crippen LogP contribution in [0.2, 0.25) is 0 Å². The molecule has 0 spiro atoms. The molecule has 1 aromatic rings. The molecular formula is C11H16O2. The van der Waals surface area contributed by atoms with Gasteiger partial charge in [-0.05, 0) is 25.5 Å². The second-order valence-electron chi connectivity index (χ2n) is 2.62. The van der Waals surface area contributed by atoms with Crippen molar-refractivity contribution in [3.8, 4) is 0 Å². The molecule has 72 valence electrons. The van der Waals surface area contributed by atoms with Crippen molar-refractivity contribution in [2.45, 2.75) is 27.7 Å². The number of benzene rings is 1. The number of hydrogen-bond acceptors (Lipinski definition) is 1. The van der Waals surface area contributed by atoms with Gasteiger partial charge in [0.25, 0.3) is 0 Å². The molecule has 1 aromatic carbocycles. The molecule has 2 nitrogen and oxygen atoms in total. The van der Waals surface area contributed by atoms with Crippen LogP contribution in [0.4, 0.5) is 0 Å². The van der Waals surface area contributed by atoms with Gasteiger partial charge in [0, 0.05) is 0 Å². The van der Waals surface area contributed by atoms with Crippen molar-refractivity contribution in [3.05, 3.63) is 34.9 Å². The Bertz CT molecular complexity index is 290. The van der Waals surface area contributed by atoms with Gasteiger partial charge in [0.1, 0.15) is 0 Å². The highest BCUT2D eigenvalue weighted by molar-refractivity contribution is 5.89. The van der Waals surface area contributed by atoms with Crippen molar-refractivity contribution in [2.24, 2.45) is 0 Å². The average molecular weight is 180 g/mol. The topological polar surface area (TPSA) is 37.3 Å². The zero-order valence-electron chi connectivity index (χ0n) is 8.59. The van der Waals surface area contributed by atoms with E-state index in [1.54, 1.807) is 13.0 Å². The molecule has 0 saturated heterocycles. The minimum absolute atomic E-state index is 0.394. The summed E-state index contributed by atoms with van der Waals surface area (Å²) in [4.78, 5) is 10.6. The zero-order valence-corrected chi connectivity index (χ0v) is 8.59. The Morgan fingerprint density at radius 1 is 1.23 bits per heavy atom.